The van der Waals surface area contributed by atoms with Crippen LogP contribution in [0, 0.1) is 17.2 Å². The van der Waals surface area contributed by atoms with Gasteiger partial charge in [-0.15, -0.1) is 0 Å². The lowest BCUT2D eigenvalue weighted by atomic mass is 10.0. The second-order valence-electron chi connectivity index (χ2n) is 8.91. The first-order chi connectivity index (χ1) is 17.9. The third-order valence-electron chi connectivity index (χ3n) is 6.03. The van der Waals surface area contributed by atoms with Crippen molar-refractivity contribution in [3.05, 3.63) is 106 Å². The quantitative estimate of drug-likeness (QED) is 0.254. The first-order valence-corrected chi connectivity index (χ1v) is 12.2. The maximum absolute atomic E-state index is 12.9. The highest BCUT2D eigenvalue weighted by atomic mass is 35.5. The van der Waals surface area contributed by atoms with Gasteiger partial charge in [0, 0.05) is 29.2 Å². The molecule has 186 valence electrons. The molecule has 1 atom stereocenters. The molecule has 0 aliphatic carbocycles. The van der Waals surface area contributed by atoms with Gasteiger partial charge in [-0.3, -0.25) is 9.59 Å². The number of halogens is 1. The Labute approximate surface area is 220 Å². The molecule has 2 N–H and O–H groups in total. The first kappa shape index (κ1) is 25.7. The Bertz CT molecular complexity index is 1520. The number of amides is 2. The lowest BCUT2D eigenvalue weighted by Crippen LogP contribution is -2.48. The summed E-state index contributed by atoms with van der Waals surface area (Å²) in [5.41, 5.74) is 6.19. The van der Waals surface area contributed by atoms with E-state index < -0.39 is 17.9 Å². The second-order valence-corrected chi connectivity index (χ2v) is 9.31. The van der Waals surface area contributed by atoms with Crippen LogP contribution < -0.4 is 10.7 Å². The predicted molar refractivity (Wildman–Crippen MR) is 145 cm³/mol. The van der Waals surface area contributed by atoms with Gasteiger partial charge in [-0.05, 0) is 35.7 Å². The zero-order valence-corrected chi connectivity index (χ0v) is 21.2. The number of fused-ring (bicyclic) bond motifs is 1. The molecule has 3 aromatic carbocycles. The standard InChI is InChI=1S/C29H26ClN5O2/c1-19(2)27(33-28(36)24-12-5-7-13-25(24)30)29(37)34-32-16-22-18-35(26-14-8-6-11-23(22)26)17-21-10-4-3-9-20(21)15-31/h3-14,16,18-19,27H,17H2,1-2H3,(H,33,36)(H,34,37)/b32-16-. The fourth-order valence-corrected chi connectivity index (χ4v) is 4.32. The monoisotopic (exact) mass is 511 g/mol. The van der Waals surface area contributed by atoms with Crippen molar-refractivity contribution in [2.75, 3.05) is 0 Å². The summed E-state index contributed by atoms with van der Waals surface area (Å²) in [6.45, 7) is 4.20. The van der Waals surface area contributed by atoms with Crippen molar-refractivity contribution in [2.24, 2.45) is 11.0 Å². The molecule has 4 aromatic rings. The highest BCUT2D eigenvalue weighted by Gasteiger charge is 2.25. The normalized spacial score (nSPS) is 12.0. The summed E-state index contributed by atoms with van der Waals surface area (Å²) in [5.74, 6) is -1.04. The molecule has 8 heteroatoms. The van der Waals surface area contributed by atoms with E-state index in [4.69, 9.17) is 11.6 Å². The van der Waals surface area contributed by atoms with Crippen molar-refractivity contribution in [3.63, 3.8) is 0 Å². The van der Waals surface area contributed by atoms with Crippen molar-refractivity contribution in [3.8, 4) is 6.07 Å². The maximum atomic E-state index is 12.9. The molecule has 0 aliphatic rings. The van der Waals surface area contributed by atoms with Gasteiger partial charge >= 0.3 is 0 Å². The van der Waals surface area contributed by atoms with Gasteiger partial charge in [0.25, 0.3) is 11.8 Å². The zero-order chi connectivity index (χ0) is 26.4. The van der Waals surface area contributed by atoms with Gasteiger partial charge in [0.05, 0.1) is 28.4 Å². The summed E-state index contributed by atoms with van der Waals surface area (Å²) in [4.78, 5) is 25.6. The molecule has 0 aliphatic heterocycles. The van der Waals surface area contributed by atoms with Gasteiger partial charge in [0.2, 0.25) is 0 Å². The number of nitrogens with one attached hydrogen (secondary N) is 2. The van der Waals surface area contributed by atoms with Crippen molar-refractivity contribution < 1.29 is 9.59 Å². The van der Waals surface area contributed by atoms with Crippen molar-refractivity contribution in [1.82, 2.24) is 15.3 Å². The van der Waals surface area contributed by atoms with Crippen LogP contribution in [0.1, 0.15) is 40.9 Å². The summed E-state index contributed by atoms with van der Waals surface area (Å²) in [7, 11) is 0. The molecule has 1 unspecified atom stereocenters. The molecule has 0 spiro atoms. The summed E-state index contributed by atoms with van der Waals surface area (Å²) < 4.78 is 2.05. The third-order valence-corrected chi connectivity index (χ3v) is 6.36. The van der Waals surface area contributed by atoms with E-state index in [0.717, 1.165) is 22.0 Å². The second kappa shape index (κ2) is 11.5. The number of nitrogens with zero attached hydrogens (tertiary/aromatic N) is 3. The molecule has 1 aromatic heterocycles. The third kappa shape index (κ3) is 5.88. The predicted octanol–water partition coefficient (Wildman–Crippen LogP) is 5.12. The minimum atomic E-state index is -0.801. The summed E-state index contributed by atoms with van der Waals surface area (Å²) in [6, 6.07) is 23.5. The van der Waals surface area contributed by atoms with E-state index in [9.17, 15) is 14.9 Å². The number of hydrazone groups is 1. The molecule has 2 amide bonds. The van der Waals surface area contributed by atoms with E-state index in [2.05, 4.69) is 26.5 Å². The van der Waals surface area contributed by atoms with Crippen molar-refractivity contribution >= 4 is 40.5 Å². The minimum Gasteiger partial charge on any atom is -0.342 e. The van der Waals surface area contributed by atoms with Crippen LogP contribution in [0.4, 0.5) is 0 Å². The molecule has 0 bridgehead atoms. The largest absolute Gasteiger partial charge is 0.342 e. The Morgan fingerprint density at radius 1 is 1.05 bits per heavy atom. The van der Waals surface area contributed by atoms with Gasteiger partial charge < -0.3 is 9.88 Å². The van der Waals surface area contributed by atoms with E-state index in [1.165, 1.54) is 0 Å². The topological polar surface area (TPSA) is 99.3 Å². The number of rotatable bonds is 8. The minimum absolute atomic E-state index is 0.177. The van der Waals surface area contributed by atoms with Gasteiger partial charge in [-0.1, -0.05) is 74.0 Å². The van der Waals surface area contributed by atoms with Crippen LogP contribution in [0.25, 0.3) is 10.9 Å². The van der Waals surface area contributed by atoms with Gasteiger partial charge in [0.15, 0.2) is 0 Å². The van der Waals surface area contributed by atoms with Gasteiger partial charge in [0.1, 0.15) is 6.04 Å². The molecule has 37 heavy (non-hydrogen) atoms. The van der Waals surface area contributed by atoms with Gasteiger partial charge in [-0.25, -0.2) is 5.43 Å². The molecule has 0 radical (unpaired) electrons. The van der Waals surface area contributed by atoms with Crippen molar-refractivity contribution in [2.45, 2.75) is 26.4 Å². The number of hydrogen-bond acceptors (Lipinski definition) is 4. The molecular formula is C29H26ClN5O2. The van der Waals surface area contributed by atoms with E-state index in [-0.39, 0.29) is 5.92 Å². The molecule has 1 heterocycles. The van der Waals surface area contributed by atoms with Gasteiger partial charge in [-0.2, -0.15) is 10.4 Å². The number of carbonyl (C=O) groups excluding carboxylic acids is 2. The number of hydrogen-bond donors (Lipinski definition) is 2. The maximum Gasteiger partial charge on any atom is 0.262 e. The molecule has 7 nitrogen and oxygen atoms in total. The number of carbonyl (C=O) groups is 2. The van der Waals surface area contributed by atoms with E-state index in [0.29, 0.717) is 22.7 Å². The Kier molecular flexibility index (Phi) is 8.02. The molecule has 0 fully saturated rings. The number of benzene rings is 3. The highest BCUT2D eigenvalue weighted by molar-refractivity contribution is 6.33. The summed E-state index contributed by atoms with van der Waals surface area (Å²) in [5, 5.41) is 17.7. The SMILES string of the molecule is CC(C)C(NC(=O)c1ccccc1Cl)C(=O)N/N=C\c1cn(Cc2ccccc2C#N)c2ccccc12. The Morgan fingerprint density at radius 2 is 1.76 bits per heavy atom. The Balaban J connectivity index is 1.51. The lowest BCUT2D eigenvalue weighted by Gasteiger charge is -2.20. The number of aromatic nitrogens is 1. The van der Waals surface area contributed by atoms with Crippen LogP contribution in [0.3, 0.4) is 0 Å². The van der Waals surface area contributed by atoms with Crippen LogP contribution in [0.15, 0.2) is 84.1 Å². The first-order valence-electron chi connectivity index (χ1n) is 11.8. The lowest BCUT2D eigenvalue weighted by molar-refractivity contribution is -0.123. The van der Waals surface area contributed by atoms with E-state index in [1.807, 2.05) is 62.5 Å². The smallest absolute Gasteiger partial charge is 0.262 e. The Morgan fingerprint density at radius 3 is 2.51 bits per heavy atom. The fourth-order valence-electron chi connectivity index (χ4n) is 4.09. The average Bonchev–Trinajstić information content (AvgIpc) is 3.24. The van der Waals surface area contributed by atoms with E-state index >= 15 is 0 Å². The van der Waals surface area contributed by atoms with E-state index in [1.54, 1.807) is 36.5 Å². The molecular weight excluding hydrogens is 486 g/mol. The molecule has 0 saturated carbocycles. The molecule has 0 saturated heterocycles. The van der Waals surface area contributed by atoms with Crippen LogP contribution in [0.2, 0.25) is 5.02 Å². The van der Waals surface area contributed by atoms with Crippen LogP contribution in [0.5, 0.6) is 0 Å². The summed E-state index contributed by atoms with van der Waals surface area (Å²) in [6.07, 6.45) is 3.52. The fraction of sp³-hybridized carbons (Fsp3) is 0.172. The Hall–Kier alpha value is -4.41. The number of nitriles is 1. The van der Waals surface area contributed by atoms with Crippen LogP contribution >= 0.6 is 11.6 Å². The molecule has 4 rings (SSSR count). The average molecular weight is 512 g/mol. The van der Waals surface area contributed by atoms with Crippen LogP contribution in [-0.2, 0) is 11.3 Å². The summed E-state index contributed by atoms with van der Waals surface area (Å²) >= 11 is 6.13. The van der Waals surface area contributed by atoms with Crippen molar-refractivity contribution in [1.29, 1.82) is 5.26 Å². The van der Waals surface area contributed by atoms with Crippen LogP contribution in [-0.4, -0.2) is 28.6 Å². The highest BCUT2D eigenvalue weighted by Crippen LogP contribution is 2.22. The number of para-hydroxylation sites is 1. The zero-order valence-electron chi connectivity index (χ0n) is 20.5.